The van der Waals surface area contributed by atoms with Gasteiger partial charge in [-0.25, -0.2) is 4.79 Å². The van der Waals surface area contributed by atoms with E-state index in [4.69, 9.17) is 16.3 Å². The molecule has 0 spiro atoms. The molecule has 3 N–H and O–H groups in total. The van der Waals surface area contributed by atoms with E-state index in [1.54, 1.807) is 57.2 Å². The van der Waals surface area contributed by atoms with Gasteiger partial charge in [0.15, 0.2) is 0 Å². The summed E-state index contributed by atoms with van der Waals surface area (Å²) in [6.07, 6.45) is -0.402. The third-order valence-corrected chi connectivity index (χ3v) is 4.08. The van der Waals surface area contributed by atoms with Crippen LogP contribution in [0.5, 0.6) is 0 Å². The fraction of sp³-hybridized carbons (Fsp3) is 0.318. The molecule has 0 fully saturated rings. The van der Waals surface area contributed by atoms with E-state index in [1.807, 2.05) is 12.1 Å². The van der Waals surface area contributed by atoms with E-state index in [1.165, 1.54) is 0 Å². The zero-order valence-corrected chi connectivity index (χ0v) is 18.0. The lowest BCUT2D eigenvalue weighted by Gasteiger charge is -2.19. The molecule has 0 unspecified atom stereocenters. The van der Waals surface area contributed by atoms with Gasteiger partial charge < -0.3 is 20.7 Å². The summed E-state index contributed by atoms with van der Waals surface area (Å²) in [7, 11) is 0. The molecular weight excluding hydrogens is 406 g/mol. The molecule has 2 aromatic rings. The van der Waals surface area contributed by atoms with Crippen LogP contribution >= 0.6 is 11.6 Å². The molecular formula is C22H26ClN3O4. The van der Waals surface area contributed by atoms with Gasteiger partial charge in [-0.1, -0.05) is 23.7 Å². The molecule has 0 saturated carbocycles. The number of ether oxygens (including phenoxy) is 1. The predicted molar refractivity (Wildman–Crippen MR) is 117 cm³/mol. The average Bonchev–Trinajstić information content (AvgIpc) is 2.66. The van der Waals surface area contributed by atoms with Gasteiger partial charge in [-0.15, -0.1) is 0 Å². The van der Waals surface area contributed by atoms with Crippen molar-refractivity contribution in [1.29, 1.82) is 0 Å². The van der Waals surface area contributed by atoms with Crippen molar-refractivity contribution in [1.82, 2.24) is 10.6 Å². The minimum Gasteiger partial charge on any atom is -0.444 e. The van der Waals surface area contributed by atoms with Crippen molar-refractivity contribution in [2.45, 2.75) is 39.3 Å². The number of hydrogen-bond acceptors (Lipinski definition) is 4. The predicted octanol–water partition coefficient (Wildman–Crippen LogP) is 4.12. The minimum absolute atomic E-state index is 0.147. The Hall–Kier alpha value is -3.06. The Balaban J connectivity index is 1.72. The van der Waals surface area contributed by atoms with Crippen molar-refractivity contribution >= 4 is 35.2 Å². The van der Waals surface area contributed by atoms with E-state index in [-0.39, 0.29) is 24.8 Å². The number of benzene rings is 2. The summed E-state index contributed by atoms with van der Waals surface area (Å²) in [5, 5.41) is 8.69. The highest BCUT2D eigenvalue weighted by Gasteiger charge is 2.15. The summed E-state index contributed by atoms with van der Waals surface area (Å²) >= 11 is 5.83. The Kier molecular flexibility index (Phi) is 8.24. The van der Waals surface area contributed by atoms with Gasteiger partial charge in [0, 0.05) is 35.8 Å². The van der Waals surface area contributed by atoms with Crippen LogP contribution in [0.1, 0.15) is 43.1 Å². The van der Waals surface area contributed by atoms with Crippen molar-refractivity contribution < 1.29 is 19.1 Å². The Morgan fingerprint density at radius 1 is 0.933 bits per heavy atom. The first-order valence-electron chi connectivity index (χ1n) is 9.52. The Morgan fingerprint density at radius 2 is 1.57 bits per heavy atom. The van der Waals surface area contributed by atoms with Crippen LogP contribution in [0, 0.1) is 0 Å². The van der Waals surface area contributed by atoms with Gasteiger partial charge >= 0.3 is 6.09 Å². The Bertz CT molecular complexity index is 875. The fourth-order valence-corrected chi connectivity index (χ4v) is 2.52. The van der Waals surface area contributed by atoms with Crippen LogP contribution < -0.4 is 16.0 Å². The van der Waals surface area contributed by atoms with E-state index in [0.717, 1.165) is 5.56 Å². The van der Waals surface area contributed by atoms with E-state index in [0.29, 0.717) is 22.8 Å². The maximum Gasteiger partial charge on any atom is 0.407 e. The third-order valence-electron chi connectivity index (χ3n) is 3.83. The number of carbonyl (C=O) groups is 3. The first kappa shape index (κ1) is 23.2. The molecule has 30 heavy (non-hydrogen) atoms. The van der Waals surface area contributed by atoms with Crippen molar-refractivity contribution in [3.05, 3.63) is 64.7 Å². The lowest BCUT2D eigenvalue weighted by Crippen LogP contribution is -2.35. The topological polar surface area (TPSA) is 96.5 Å². The zero-order chi connectivity index (χ0) is 22.1. The molecule has 0 heterocycles. The van der Waals surface area contributed by atoms with Crippen LogP contribution in [-0.4, -0.2) is 30.1 Å². The molecule has 0 aromatic heterocycles. The molecule has 7 nitrogen and oxygen atoms in total. The lowest BCUT2D eigenvalue weighted by atomic mass is 10.2. The number of halogens is 1. The molecule has 0 aliphatic carbocycles. The normalized spacial score (nSPS) is 10.8. The molecule has 2 aromatic carbocycles. The van der Waals surface area contributed by atoms with Crippen LogP contribution in [-0.2, 0) is 16.1 Å². The number of nitrogens with one attached hydrogen (secondary N) is 3. The van der Waals surface area contributed by atoms with Gasteiger partial charge in [-0.3, -0.25) is 9.59 Å². The number of hydrogen-bond donors (Lipinski definition) is 3. The third kappa shape index (κ3) is 8.53. The van der Waals surface area contributed by atoms with Gasteiger partial charge in [0.05, 0.1) is 0 Å². The van der Waals surface area contributed by atoms with Crippen molar-refractivity contribution in [3.8, 4) is 0 Å². The maximum absolute atomic E-state index is 12.2. The summed E-state index contributed by atoms with van der Waals surface area (Å²) in [5.74, 6) is -0.420. The molecule has 160 valence electrons. The Labute approximate surface area is 181 Å². The van der Waals surface area contributed by atoms with Crippen LogP contribution in [0.15, 0.2) is 48.5 Å². The van der Waals surface area contributed by atoms with Crippen LogP contribution in [0.2, 0.25) is 5.02 Å². The minimum atomic E-state index is -0.577. The second-order valence-corrected chi connectivity index (χ2v) is 8.05. The molecule has 8 heteroatoms. The molecule has 0 aliphatic heterocycles. The summed E-state index contributed by atoms with van der Waals surface area (Å²) in [5.41, 5.74) is 1.46. The highest BCUT2D eigenvalue weighted by Crippen LogP contribution is 2.14. The smallest absolute Gasteiger partial charge is 0.407 e. The van der Waals surface area contributed by atoms with Gasteiger partial charge in [0.2, 0.25) is 5.91 Å². The molecule has 0 atom stereocenters. The van der Waals surface area contributed by atoms with E-state index >= 15 is 0 Å². The first-order chi connectivity index (χ1) is 14.1. The Morgan fingerprint density at radius 3 is 2.17 bits per heavy atom. The molecule has 0 saturated heterocycles. The van der Waals surface area contributed by atoms with Gasteiger partial charge in [0.1, 0.15) is 5.60 Å². The number of alkyl carbamates (subject to hydrolysis) is 1. The van der Waals surface area contributed by atoms with Gasteiger partial charge in [0.25, 0.3) is 5.91 Å². The molecule has 0 aliphatic rings. The maximum atomic E-state index is 12.2. The highest BCUT2D eigenvalue weighted by atomic mass is 35.5. The SMILES string of the molecule is CC(C)(C)OC(=O)NCCC(=O)NCc1ccc(NC(=O)c2ccc(Cl)cc2)cc1. The molecule has 0 bridgehead atoms. The van der Waals surface area contributed by atoms with Gasteiger partial charge in [-0.05, 0) is 62.7 Å². The monoisotopic (exact) mass is 431 g/mol. The number of amides is 3. The van der Waals surface area contributed by atoms with Crippen LogP contribution in [0.4, 0.5) is 10.5 Å². The number of rotatable bonds is 7. The highest BCUT2D eigenvalue weighted by molar-refractivity contribution is 6.30. The van der Waals surface area contributed by atoms with Crippen LogP contribution in [0.3, 0.4) is 0 Å². The van der Waals surface area contributed by atoms with Crippen molar-refractivity contribution in [2.75, 3.05) is 11.9 Å². The second kappa shape index (κ2) is 10.6. The molecule has 3 amide bonds. The number of anilines is 1. The molecule has 0 radical (unpaired) electrons. The van der Waals surface area contributed by atoms with Crippen molar-refractivity contribution in [2.24, 2.45) is 0 Å². The van der Waals surface area contributed by atoms with Crippen molar-refractivity contribution in [3.63, 3.8) is 0 Å². The van der Waals surface area contributed by atoms with Gasteiger partial charge in [-0.2, -0.15) is 0 Å². The largest absolute Gasteiger partial charge is 0.444 e. The summed E-state index contributed by atoms with van der Waals surface area (Å²) in [4.78, 5) is 35.6. The second-order valence-electron chi connectivity index (χ2n) is 7.61. The number of carbonyl (C=O) groups excluding carboxylic acids is 3. The van der Waals surface area contributed by atoms with E-state index < -0.39 is 11.7 Å². The fourth-order valence-electron chi connectivity index (χ4n) is 2.39. The zero-order valence-electron chi connectivity index (χ0n) is 17.3. The average molecular weight is 432 g/mol. The quantitative estimate of drug-likeness (QED) is 0.614. The first-order valence-corrected chi connectivity index (χ1v) is 9.89. The summed E-state index contributed by atoms with van der Waals surface area (Å²) < 4.78 is 5.10. The lowest BCUT2D eigenvalue weighted by molar-refractivity contribution is -0.121. The summed E-state index contributed by atoms with van der Waals surface area (Å²) in [6, 6.07) is 13.8. The van der Waals surface area contributed by atoms with Crippen LogP contribution in [0.25, 0.3) is 0 Å². The van der Waals surface area contributed by atoms with E-state index in [2.05, 4.69) is 16.0 Å². The van der Waals surface area contributed by atoms with E-state index in [9.17, 15) is 14.4 Å². The molecule has 2 rings (SSSR count). The standard InChI is InChI=1S/C22H26ClN3O4/c1-22(2,3)30-21(29)24-13-12-19(27)25-14-15-4-10-18(11-5-15)26-20(28)16-6-8-17(23)9-7-16/h4-11H,12-14H2,1-3H3,(H,24,29)(H,25,27)(H,26,28). The summed E-state index contributed by atoms with van der Waals surface area (Å²) in [6.45, 7) is 5.85.